The fourth-order valence-electron chi connectivity index (χ4n) is 2.98. The Balaban J connectivity index is 1.64. The third-order valence-electron chi connectivity index (χ3n) is 4.67. The predicted octanol–water partition coefficient (Wildman–Crippen LogP) is 5.03. The Bertz CT molecular complexity index is 1150. The van der Waals surface area contributed by atoms with Gasteiger partial charge in [0.05, 0.1) is 10.6 Å². The predicted molar refractivity (Wildman–Crippen MR) is 120 cm³/mol. The molecule has 0 aliphatic rings. The number of carbonyl (C=O) groups excluding carboxylic acids is 1. The van der Waals surface area contributed by atoms with E-state index in [1.165, 1.54) is 24.3 Å². The van der Waals surface area contributed by atoms with Crippen molar-refractivity contribution >= 4 is 33.2 Å². The Morgan fingerprint density at radius 2 is 1.71 bits per heavy atom. The summed E-state index contributed by atoms with van der Waals surface area (Å²) in [5.74, 6) is -1.37. The van der Waals surface area contributed by atoms with Gasteiger partial charge in [-0.2, -0.15) is 0 Å². The molecule has 0 spiro atoms. The number of halogens is 2. The second-order valence-electron chi connectivity index (χ2n) is 7.15. The molecule has 5 nitrogen and oxygen atoms in total. The Morgan fingerprint density at radius 1 is 1.03 bits per heavy atom. The number of anilines is 1. The zero-order valence-corrected chi connectivity index (χ0v) is 18.4. The molecule has 0 unspecified atom stereocenters. The van der Waals surface area contributed by atoms with Gasteiger partial charge < -0.3 is 5.32 Å². The molecule has 3 aromatic carbocycles. The van der Waals surface area contributed by atoms with Gasteiger partial charge in [-0.05, 0) is 67.8 Å². The van der Waals surface area contributed by atoms with Crippen LogP contribution in [0.5, 0.6) is 0 Å². The largest absolute Gasteiger partial charge is 0.319 e. The second kappa shape index (κ2) is 10.0. The maximum absolute atomic E-state index is 14.5. The average Bonchev–Trinajstić information content (AvgIpc) is 2.74. The van der Waals surface area contributed by atoms with E-state index in [1.807, 2.05) is 30.3 Å². The molecular formula is C23H22ClFN2O3S. The molecule has 1 amide bonds. The van der Waals surface area contributed by atoms with Gasteiger partial charge in [-0.1, -0.05) is 41.9 Å². The lowest BCUT2D eigenvalue weighted by atomic mass is 10.1. The molecule has 0 aliphatic carbocycles. The monoisotopic (exact) mass is 460 g/mol. The highest BCUT2D eigenvalue weighted by molar-refractivity contribution is 7.89. The Morgan fingerprint density at radius 3 is 2.35 bits per heavy atom. The van der Waals surface area contributed by atoms with Crippen LogP contribution >= 0.6 is 11.6 Å². The first-order valence-corrected chi connectivity index (χ1v) is 11.5. The first-order chi connectivity index (χ1) is 14.7. The van der Waals surface area contributed by atoms with Crippen LogP contribution in [0, 0.1) is 5.82 Å². The average molecular weight is 461 g/mol. The van der Waals surface area contributed by atoms with Crippen LogP contribution in [0.3, 0.4) is 0 Å². The molecule has 0 aliphatic heterocycles. The zero-order valence-electron chi connectivity index (χ0n) is 16.8. The molecule has 8 heteroatoms. The van der Waals surface area contributed by atoms with E-state index in [4.69, 9.17) is 11.6 Å². The lowest BCUT2D eigenvalue weighted by Gasteiger charge is -2.15. The second-order valence-corrected chi connectivity index (χ2v) is 9.30. The molecular weight excluding hydrogens is 439 g/mol. The lowest BCUT2D eigenvalue weighted by Crippen LogP contribution is -2.33. The third-order valence-corrected chi connectivity index (χ3v) is 6.51. The van der Waals surface area contributed by atoms with E-state index in [0.29, 0.717) is 23.4 Å². The van der Waals surface area contributed by atoms with E-state index >= 15 is 0 Å². The van der Waals surface area contributed by atoms with Crippen LogP contribution in [0.25, 0.3) is 0 Å². The topological polar surface area (TPSA) is 75.3 Å². The van der Waals surface area contributed by atoms with E-state index in [9.17, 15) is 17.6 Å². The summed E-state index contributed by atoms with van der Waals surface area (Å²) in [5, 5.41) is 2.91. The van der Waals surface area contributed by atoms with Gasteiger partial charge in [0.1, 0.15) is 5.82 Å². The lowest BCUT2D eigenvalue weighted by molar-refractivity contribution is 0.102. The summed E-state index contributed by atoms with van der Waals surface area (Å²) < 4.78 is 42.3. The molecule has 0 aromatic heterocycles. The van der Waals surface area contributed by atoms with Crippen LogP contribution < -0.4 is 10.0 Å². The molecule has 0 saturated heterocycles. The number of carbonyl (C=O) groups is 1. The number of sulfonamides is 1. The normalized spacial score (nSPS) is 12.4. The van der Waals surface area contributed by atoms with E-state index in [1.54, 1.807) is 19.1 Å². The van der Waals surface area contributed by atoms with Crippen molar-refractivity contribution in [2.75, 3.05) is 5.32 Å². The molecule has 2 N–H and O–H groups in total. The van der Waals surface area contributed by atoms with Crippen molar-refractivity contribution in [3.8, 4) is 0 Å². The molecule has 0 heterocycles. The minimum Gasteiger partial charge on any atom is -0.319 e. The van der Waals surface area contributed by atoms with E-state index in [2.05, 4.69) is 10.0 Å². The van der Waals surface area contributed by atoms with Gasteiger partial charge in [0, 0.05) is 16.6 Å². The van der Waals surface area contributed by atoms with Gasteiger partial charge in [-0.15, -0.1) is 0 Å². The van der Waals surface area contributed by atoms with Gasteiger partial charge in [-0.25, -0.2) is 17.5 Å². The fraction of sp³-hybridized carbons (Fsp3) is 0.174. The van der Waals surface area contributed by atoms with Gasteiger partial charge in [0.25, 0.3) is 5.91 Å². The summed E-state index contributed by atoms with van der Waals surface area (Å²) in [7, 11) is -3.91. The summed E-state index contributed by atoms with van der Waals surface area (Å²) >= 11 is 5.79. The van der Waals surface area contributed by atoms with Crippen molar-refractivity contribution in [3.63, 3.8) is 0 Å². The van der Waals surface area contributed by atoms with Crippen LogP contribution in [0.15, 0.2) is 77.7 Å². The minimum atomic E-state index is -3.91. The van der Waals surface area contributed by atoms with Crippen LogP contribution in [0.4, 0.5) is 10.1 Å². The highest BCUT2D eigenvalue weighted by Crippen LogP contribution is 2.21. The van der Waals surface area contributed by atoms with Gasteiger partial charge in [-0.3, -0.25) is 4.79 Å². The first kappa shape index (κ1) is 22.9. The van der Waals surface area contributed by atoms with Crippen molar-refractivity contribution in [2.45, 2.75) is 30.7 Å². The minimum absolute atomic E-state index is 0.115. The number of benzene rings is 3. The van der Waals surface area contributed by atoms with Crippen molar-refractivity contribution in [1.29, 1.82) is 0 Å². The van der Waals surface area contributed by atoms with Crippen molar-refractivity contribution in [2.24, 2.45) is 0 Å². The van der Waals surface area contributed by atoms with Gasteiger partial charge in [0.2, 0.25) is 10.0 Å². The van der Waals surface area contributed by atoms with Gasteiger partial charge in [0.15, 0.2) is 0 Å². The first-order valence-electron chi connectivity index (χ1n) is 9.67. The molecule has 0 radical (unpaired) electrons. The SMILES string of the molecule is C[C@@H](CCc1ccccc1)NS(=O)(=O)c1ccc(NC(=O)c2ccc(Cl)cc2)c(F)c1. The quantitative estimate of drug-likeness (QED) is 0.495. The maximum Gasteiger partial charge on any atom is 0.255 e. The van der Waals surface area contributed by atoms with Crippen LogP contribution in [-0.2, 0) is 16.4 Å². The summed E-state index contributed by atoms with van der Waals surface area (Å²) in [6.45, 7) is 1.76. The smallest absolute Gasteiger partial charge is 0.255 e. The Hall–Kier alpha value is -2.74. The molecule has 162 valence electrons. The molecule has 31 heavy (non-hydrogen) atoms. The third kappa shape index (κ3) is 6.37. The van der Waals surface area contributed by atoms with E-state index in [0.717, 1.165) is 11.6 Å². The van der Waals surface area contributed by atoms with Crippen molar-refractivity contribution in [1.82, 2.24) is 4.72 Å². The molecule has 1 atom stereocenters. The highest BCUT2D eigenvalue weighted by Gasteiger charge is 2.20. The van der Waals surface area contributed by atoms with E-state index in [-0.39, 0.29) is 16.6 Å². The van der Waals surface area contributed by atoms with Crippen LogP contribution in [-0.4, -0.2) is 20.4 Å². The molecule has 0 bridgehead atoms. The highest BCUT2D eigenvalue weighted by atomic mass is 35.5. The number of hydrogen-bond acceptors (Lipinski definition) is 3. The fourth-order valence-corrected chi connectivity index (χ4v) is 4.40. The number of amides is 1. The Kier molecular flexibility index (Phi) is 7.43. The zero-order chi connectivity index (χ0) is 22.4. The van der Waals surface area contributed by atoms with Crippen molar-refractivity contribution in [3.05, 3.63) is 94.8 Å². The Labute approximate surface area is 186 Å². The van der Waals surface area contributed by atoms with Gasteiger partial charge >= 0.3 is 0 Å². The van der Waals surface area contributed by atoms with Crippen LogP contribution in [0.1, 0.15) is 29.3 Å². The van der Waals surface area contributed by atoms with E-state index < -0.39 is 21.7 Å². The summed E-state index contributed by atoms with van der Waals surface area (Å²) in [6, 6.07) is 18.9. The molecule has 3 rings (SSSR count). The molecule has 0 fully saturated rings. The summed E-state index contributed by atoms with van der Waals surface area (Å²) in [5.41, 5.74) is 1.30. The number of aryl methyl sites for hydroxylation is 1. The molecule has 0 saturated carbocycles. The number of rotatable bonds is 8. The van der Waals surface area contributed by atoms with Crippen LogP contribution in [0.2, 0.25) is 5.02 Å². The molecule has 3 aromatic rings. The number of hydrogen-bond donors (Lipinski definition) is 2. The maximum atomic E-state index is 14.5. The standard InChI is InChI=1S/C23H22ClFN2O3S/c1-16(7-8-17-5-3-2-4-6-17)27-31(29,30)20-13-14-22(21(25)15-20)26-23(28)18-9-11-19(24)12-10-18/h2-6,9-16,27H,7-8H2,1H3,(H,26,28)/t16-/m0/s1. The van der Waals surface area contributed by atoms with Crippen molar-refractivity contribution < 1.29 is 17.6 Å². The summed E-state index contributed by atoms with van der Waals surface area (Å²) in [4.78, 5) is 12.0. The number of nitrogens with one attached hydrogen (secondary N) is 2. The summed E-state index contributed by atoms with van der Waals surface area (Å²) in [6.07, 6.45) is 1.31.